The molecule has 1 fully saturated rings. The summed E-state index contributed by atoms with van der Waals surface area (Å²) in [6.45, 7) is 2.64. The first-order valence-corrected chi connectivity index (χ1v) is 10.4. The Labute approximate surface area is 164 Å². The third-order valence-corrected chi connectivity index (χ3v) is 6.30. The van der Waals surface area contributed by atoms with E-state index in [0.29, 0.717) is 6.42 Å². The lowest BCUT2D eigenvalue weighted by Gasteiger charge is -2.40. The lowest BCUT2D eigenvalue weighted by Crippen LogP contribution is -2.49. The lowest BCUT2D eigenvalue weighted by molar-refractivity contribution is -0.136. The van der Waals surface area contributed by atoms with Gasteiger partial charge in [0.2, 0.25) is 5.91 Å². The van der Waals surface area contributed by atoms with Gasteiger partial charge in [-0.2, -0.15) is 0 Å². The van der Waals surface area contributed by atoms with E-state index in [2.05, 4.69) is 58.2 Å². The highest BCUT2D eigenvalue weighted by atomic mass is 32.1. The highest BCUT2D eigenvalue weighted by Gasteiger charge is 2.29. The Balaban J connectivity index is 1.38. The quantitative estimate of drug-likeness (QED) is 0.669. The summed E-state index contributed by atoms with van der Waals surface area (Å²) < 4.78 is 1.22. The molecule has 4 nitrogen and oxygen atoms in total. The summed E-state index contributed by atoms with van der Waals surface area (Å²) in [4.78, 5) is 22.0. The van der Waals surface area contributed by atoms with Gasteiger partial charge in [-0.1, -0.05) is 42.5 Å². The van der Waals surface area contributed by atoms with E-state index in [4.69, 9.17) is 0 Å². The third-order valence-electron chi connectivity index (χ3n) is 5.21. The number of carbonyl (C=O) groups is 1. The van der Waals surface area contributed by atoms with Crippen molar-refractivity contribution in [1.82, 2.24) is 14.8 Å². The summed E-state index contributed by atoms with van der Waals surface area (Å²) in [5.74, 6) is 0.262. The van der Waals surface area contributed by atoms with E-state index in [1.807, 2.05) is 18.2 Å². The number of carbonyl (C=O) groups excluding carboxylic acids is 1. The molecule has 2 heterocycles. The van der Waals surface area contributed by atoms with Crippen molar-refractivity contribution in [2.24, 2.45) is 0 Å². The van der Waals surface area contributed by atoms with Crippen molar-refractivity contribution >= 4 is 27.5 Å². The van der Waals surface area contributed by atoms with Gasteiger partial charge in [0.25, 0.3) is 0 Å². The Morgan fingerprint density at radius 2 is 1.89 bits per heavy atom. The first kappa shape index (κ1) is 18.1. The van der Waals surface area contributed by atoms with Crippen molar-refractivity contribution in [3.63, 3.8) is 0 Å². The number of hydrogen-bond donors (Lipinski definition) is 0. The molecule has 0 aliphatic carbocycles. The highest BCUT2D eigenvalue weighted by molar-refractivity contribution is 7.18. The zero-order valence-corrected chi connectivity index (χ0v) is 16.5. The van der Waals surface area contributed by atoms with Crippen molar-refractivity contribution in [3.05, 3.63) is 65.2 Å². The van der Waals surface area contributed by atoms with Gasteiger partial charge in [0.05, 0.1) is 21.3 Å². The van der Waals surface area contributed by atoms with E-state index >= 15 is 0 Å². The van der Waals surface area contributed by atoms with Crippen molar-refractivity contribution < 1.29 is 4.79 Å². The Bertz CT molecular complexity index is 875. The molecule has 140 valence electrons. The molecular formula is C22H25N3OS. The van der Waals surface area contributed by atoms with E-state index in [9.17, 15) is 4.79 Å². The Hall–Kier alpha value is -2.24. The van der Waals surface area contributed by atoms with Crippen LogP contribution in [0.3, 0.4) is 0 Å². The fourth-order valence-electron chi connectivity index (χ4n) is 3.74. The average Bonchev–Trinajstić information content (AvgIpc) is 3.11. The molecule has 0 radical (unpaired) electrons. The molecule has 5 heteroatoms. The highest BCUT2D eigenvalue weighted by Crippen LogP contribution is 2.27. The van der Waals surface area contributed by atoms with Crippen LogP contribution in [0.1, 0.15) is 29.5 Å². The van der Waals surface area contributed by atoms with Crippen molar-refractivity contribution in [3.8, 4) is 0 Å². The van der Waals surface area contributed by atoms with E-state index in [0.717, 1.165) is 43.0 Å². The molecule has 1 aromatic heterocycles. The smallest absolute Gasteiger partial charge is 0.223 e. The molecule has 2 aromatic carbocycles. The maximum Gasteiger partial charge on any atom is 0.223 e. The zero-order chi connectivity index (χ0) is 18.6. The normalized spacial score (nSPS) is 18.1. The number of rotatable bonds is 5. The van der Waals surface area contributed by atoms with Gasteiger partial charge < -0.3 is 9.80 Å². The molecule has 0 saturated carbocycles. The van der Waals surface area contributed by atoms with Gasteiger partial charge in [0.1, 0.15) is 0 Å². The van der Waals surface area contributed by atoms with Crippen LogP contribution < -0.4 is 0 Å². The predicted molar refractivity (Wildman–Crippen MR) is 111 cm³/mol. The minimum Gasteiger partial charge on any atom is -0.333 e. The van der Waals surface area contributed by atoms with Crippen LogP contribution >= 0.6 is 11.3 Å². The molecule has 3 aromatic rings. The number of para-hydroxylation sites is 1. The molecule has 4 rings (SSSR count). The van der Waals surface area contributed by atoms with E-state index in [1.54, 1.807) is 11.3 Å². The second-order valence-electron chi connectivity index (χ2n) is 7.20. The van der Waals surface area contributed by atoms with Gasteiger partial charge in [0.15, 0.2) is 0 Å². The fourth-order valence-corrected chi connectivity index (χ4v) is 4.75. The Morgan fingerprint density at radius 3 is 2.70 bits per heavy atom. The van der Waals surface area contributed by atoms with Crippen molar-refractivity contribution in [2.45, 2.75) is 25.3 Å². The maximum absolute atomic E-state index is 12.9. The van der Waals surface area contributed by atoms with Gasteiger partial charge in [-0.3, -0.25) is 4.79 Å². The van der Waals surface area contributed by atoms with Crippen LogP contribution in [-0.2, 0) is 11.2 Å². The van der Waals surface area contributed by atoms with Crippen LogP contribution in [0.2, 0.25) is 0 Å². The number of hydrogen-bond acceptors (Lipinski definition) is 4. The number of likely N-dealkylation sites (N-methyl/N-ethyl adjacent to an activating group) is 1. The Morgan fingerprint density at radius 1 is 1.11 bits per heavy atom. The number of thiazole rings is 1. The van der Waals surface area contributed by atoms with Crippen molar-refractivity contribution in [1.29, 1.82) is 0 Å². The number of amides is 1. The molecular weight excluding hydrogens is 354 g/mol. The summed E-state index contributed by atoms with van der Waals surface area (Å²) in [5.41, 5.74) is 2.29. The van der Waals surface area contributed by atoms with Crippen LogP contribution in [0.5, 0.6) is 0 Å². The second kappa shape index (κ2) is 8.19. The molecule has 0 unspecified atom stereocenters. The molecule has 0 spiro atoms. The number of fused-ring (bicyclic) bond motifs is 1. The van der Waals surface area contributed by atoms with Crippen LogP contribution in [0.15, 0.2) is 54.6 Å². The van der Waals surface area contributed by atoms with Gasteiger partial charge >= 0.3 is 0 Å². The van der Waals surface area contributed by atoms with Gasteiger partial charge in [-0.25, -0.2) is 4.98 Å². The van der Waals surface area contributed by atoms with Crippen LogP contribution in [0.4, 0.5) is 0 Å². The van der Waals surface area contributed by atoms with E-state index in [-0.39, 0.29) is 11.9 Å². The summed E-state index contributed by atoms with van der Waals surface area (Å²) in [5, 5.41) is 1.13. The number of aryl methyl sites for hydroxylation is 1. The molecule has 27 heavy (non-hydrogen) atoms. The topological polar surface area (TPSA) is 36.4 Å². The zero-order valence-electron chi connectivity index (χ0n) is 15.7. The standard InChI is InChI=1S/C22H25N3OS/c1-24-14-15-25(19(16-24)17-8-3-2-4-9-17)22(26)13-7-12-21-23-18-10-5-6-11-20(18)27-21/h2-6,8-11,19H,7,12-16H2,1H3/t19-/m0/s1. The Kier molecular flexibility index (Phi) is 5.50. The van der Waals surface area contributed by atoms with Crippen LogP contribution in [-0.4, -0.2) is 47.4 Å². The largest absolute Gasteiger partial charge is 0.333 e. The maximum atomic E-state index is 12.9. The summed E-state index contributed by atoms with van der Waals surface area (Å²) in [7, 11) is 2.13. The van der Waals surface area contributed by atoms with Gasteiger partial charge in [0, 0.05) is 26.1 Å². The van der Waals surface area contributed by atoms with Gasteiger partial charge in [-0.05, 0) is 37.6 Å². The second-order valence-corrected chi connectivity index (χ2v) is 8.32. The molecule has 1 amide bonds. The minimum absolute atomic E-state index is 0.153. The first-order valence-electron chi connectivity index (χ1n) is 9.58. The lowest BCUT2D eigenvalue weighted by atomic mass is 10.0. The molecule has 0 N–H and O–H groups in total. The summed E-state index contributed by atoms with van der Waals surface area (Å²) >= 11 is 1.74. The monoisotopic (exact) mass is 379 g/mol. The molecule has 1 atom stereocenters. The molecule has 0 bridgehead atoms. The molecule has 1 aliphatic rings. The van der Waals surface area contributed by atoms with Gasteiger partial charge in [-0.15, -0.1) is 11.3 Å². The van der Waals surface area contributed by atoms with Crippen molar-refractivity contribution in [2.75, 3.05) is 26.7 Å². The first-order chi connectivity index (χ1) is 13.2. The third kappa shape index (κ3) is 4.20. The van der Waals surface area contributed by atoms with E-state index < -0.39 is 0 Å². The summed E-state index contributed by atoms with van der Waals surface area (Å²) in [6, 6.07) is 18.8. The average molecular weight is 380 g/mol. The predicted octanol–water partition coefficient (Wildman–Crippen LogP) is 4.13. The molecule has 1 aliphatic heterocycles. The van der Waals surface area contributed by atoms with Crippen LogP contribution in [0.25, 0.3) is 10.2 Å². The number of nitrogens with zero attached hydrogens (tertiary/aromatic N) is 3. The number of benzene rings is 2. The minimum atomic E-state index is 0.153. The SMILES string of the molecule is CN1CCN(C(=O)CCCc2nc3ccccc3s2)[C@H](c2ccccc2)C1. The van der Waals surface area contributed by atoms with Crippen LogP contribution in [0, 0.1) is 0 Å². The molecule has 1 saturated heterocycles. The van der Waals surface area contributed by atoms with E-state index in [1.165, 1.54) is 10.3 Å². The summed E-state index contributed by atoms with van der Waals surface area (Å²) in [6.07, 6.45) is 2.31. The number of piperazine rings is 1. The fraction of sp³-hybridized carbons (Fsp3) is 0.364. The number of aromatic nitrogens is 1.